The minimum absolute atomic E-state index is 0.0677. The standard InChI is InChI=1S/C16H20N4O/c1-12(18-15-6-8-19(2)16(15)21)13-4-3-5-14(10-13)20-9-7-17-11-20/h3-5,7,9-12,15,18H,6,8H2,1-2H3/t12-,15-/m0/s1. The summed E-state index contributed by atoms with van der Waals surface area (Å²) in [4.78, 5) is 17.8. The molecule has 21 heavy (non-hydrogen) atoms. The van der Waals surface area contributed by atoms with Gasteiger partial charge in [-0.2, -0.15) is 0 Å². The number of hydrogen-bond acceptors (Lipinski definition) is 3. The second kappa shape index (κ2) is 5.69. The SMILES string of the molecule is C[C@H](N[C@H]1CCN(C)C1=O)c1cccc(-n2ccnc2)c1. The predicted molar refractivity (Wildman–Crippen MR) is 81.2 cm³/mol. The lowest BCUT2D eigenvalue weighted by Crippen LogP contribution is -2.38. The van der Waals surface area contributed by atoms with Crippen LogP contribution in [0, 0.1) is 0 Å². The largest absolute Gasteiger partial charge is 0.344 e. The Bertz CT molecular complexity index is 623. The molecule has 0 spiro atoms. The maximum absolute atomic E-state index is 12.0. The molecule has 0 radical (unpaired) electrons. The second-order valence-corrected chi connectivity index (χ2v) is 5.55. The van der Waals surface area contributed by atoms with E-state index in [1.165, 1.54) is 5.56 Å². The van der Waals surface area contributed by atoms with Gasteiger partial charge in [-0.3, -0.25) is 10.1 Å². The van der Waals surface area contributed by atoms with Crippen LogP contribution in [0.4, 0.5) is 0 Å². The van der Waals surface area contributed by atoms with Crippen molar-refractivity contribution in [2.45, 2.75) is 25.4 Å². The number of nitrogens with one attached hydrogen (secondary N) is 1. The van der Waals surface area contributed by atoms with Crippen molar-refractivity contribution < 1.29 is 4.79 Å². The summed E-state index contributed by atoms with van der Waals surface area (Å²) in [6.45, 7) is 2.93. The fraction of sp³-hybridized carbons (Fsp3) is 0.375. The number of carbonyl (C=O) groups is 1. The monoisotopic (exact) mass is 284 g/mol. The number of amides is 1. The van der Waals surface area contributed by atoms with E-state index in [4.69, 9.17) is 0 Å². The summed E-state index contributed by atoms with van der Waals surface area (Å²) in [6, 6.07) is 8.36. The van der Waals surface area contributed by atoms with E-state index in [2.05, 4.69) is 29.4 Å². The molecule has 110 valence electrons. The minimum atomic E-state index is -0.0677. The third-order valence-corrected chi connectivity index (χ3v) is 4.05. The summed E-state index contributed by atoms with van der Waals surface area (Å²) in [5, 5.41) is 3.43. The molecule has 1 saturated heterocycles. The number of benzene rings is 1. The van der Waals surface area contributed by atoms with Crippen molar-refractivity contribution in [3.8, 4) is 5.69 Å². The first-order valence-corrected chi connectivity index (χ1v) is 7.24. The first-order chi connectivity index (χ1) is 10.1. The summed E-state index contributed by atoms with van der Waals surface area (Å²) in [5.41, 5.74) is 2.25. The van der Waals surface area contributed by atoms with Gasteiger partial charge in [0.25, 0.3) is 0 Å². The molecule has 1 aromatic carbocycles. The predicted octanol–water partition coefficient (Wildman–Crippen LogP) is 1.75. The topological polar surface area (TPSA) is 50.2 Å². The van der Waals surface area contributed by atoms with Crippen molar-refractivity contribution in [2.24, 2.45) is 0 Å². The van der Waals surface area contributed by atoms with Crippen LogP contribution in [0.1, 0.15) is 24.9 Å². The molecule has 5 heteroatoms. The van der Waals surface area contributed by atoms with Crippen LogP contribution in [-0.2, 0) is 4.79 Å². The summed E-state index contributed by atoms with van der Waals surface area (Å²) >= 11 is 0. The van der Waals surface area contributed by atoms with Gasteiger partial charge >= 0.3 is 0 Å². The van der Waals surface area contributed by atoms with Gasteiger partial charge in [-0.15, -0.1) is 0 Å². The maximum atomic E-state index is 12.0. The van der Waals surface area contributed by atoms with Crippen LogP contribution < -0.4 is 5.32 Å². The van der Waals surface area contributed by atoms with Crippen LogP contribution in [0.2, 0.25) is 0 Å². The average Bonchev–Trinajstić information content (AvgIpc) is 3.13. The van der Waals surface area contributed by atoms with E-state index < -0.39 is 0 Å². The Balaban J connectivity index is 1.74. The first kappa shape index (κ1) is 13.8. The molecule has 0 aliphatic carbocycles. The van der Waals surface area contributed by atoms with E-state index in [-0.39, 0.29) is 18.0 Å². The van der Waals surface area contributed by atoms with Gasteiger partial charge in [-0.25, -0.2) is 4.98 Å². The van der Waals surface area contributed by atoms with E-state index in [0.29, 0.717) is 0 Å². The quantitative estimate of drug-likeness (QED) is 0.930. The Hall–Kier alpha value is -2.14. The molecule has 1 fully saturated rings. The lowest BCUT2D eigenvalue weighted by atomic mass is 10.1. The van der Waals surface area contributed by atoms with Crippen molar-refractivity contribution in [1.82, 2.24) is 19.8 Å². The number of rotatable bonds is 4. The van der Waals surface area contributed by atoms with Crippen LogP contribution in [0.3, 0.4) is 0 Å². The molecule has 2 heterocycles. The molecule has 0 saturated carbocycles. The fourth-order valence-electron chi connectivity index (χ4n) is 2.74. The normalized spacial score (nSPS) is 20.0. The maximum Gasteiger partial charge on any atom is 0.239 e. The van der Waals surface area contributed by atoms with Gasteiger partial charge in [0.1, 0.15) is 0 Å². The number of likely N-dealkylation sites (tertiary alicyclic amines) is 1. The molecule has 1 aromatic heterocycles. The Morgan fingerprint density at radius 1 is 1.43 bits per heavy atom. The van der Waals surface area contributed by atoms with Gasteiger partial charge in [0, 0.05) is 37.7 Å². The number of nitrogens with zero attached hydrogens (tertiary/aromatic N) is 3. The molecule has 1 N–H and O–H groups in total. The zero-order valence-corrected chi connectivity index (χ0v) is 12.4. The third-order valence-electron chi connectivity index (χ3n) is 4.05. The first-order valence-electron chi connectivity index (χ1n) is 7.24. The summed E-state index contributed by atoms with van der Waals surface area (Å²) in [6.07, 6.45) is 6.35. The van der Waals surface area contributed by atoms with Crippen molar-refractivity contribution >= 4 is 5.91 Å². The number of hydrogen-bond donors (Lipinski definition) is 1. The van der Waals surface area contributed by atoms with Gasteiger partial charge in [0.15, 0.2) is 0 Å². The van der Waals surface area contributed by atoms with Crippen LogP contribution in [0.25, 0.3) is 5.69 Å². The Kier molecular flexibility index (Phi) is 3.75. The number of aromatic nitrogens is 2. The molecular formula is C16H20N4O. The minimum Gasteiger partial charge on any atom is -0.344 e. The van der Waals surface area contributed by atoms with Crippen molar-refractivity contribution in [3.63, 3.8) is 0 Å². The highest BCUT2D eigenvalue weighted by Gasteiger charge is 2.29. The van der Waals surface area contributed by atoms with Crippen LogP contribution in [-0.4, -0.2) is 40.0 Å². The lowest BCUT2D eigenvalue weighted by Gasteiger charge is -2.19. The Labute approximate surface area is 124 Å². The fourth-order valence-corrected chi connectivity index (χ4v) is 2.74. The molecule has 3 rings (SSSR count). The molecule has 0 unspecified atom stereocenters. The smallest absolute Gasteiger partial charge is 0.239 e. The van der Waals surface area contributed by atoms with Crippen molar-refractivity contribution in [3.05, 3.63) is 48.5 Å². The number of likely N-dealkylation sites (N-methyl/N-ethyl adjacent to an activating group) is 1. The highest BCUT2D eigenvalue weighted by atomic mass is 16.2. The highest BCUT2D eigenvalue weighted by molar-refractivity contribution is 5.83. The number of imidazole rings is 1. The van der Waals surface area contributed by atoms with Gasteiger partial charge in [-0.05, 0) is 31.0 Å². The van der Waals surface area contributed by atoms with Gasteiger partial charge in [-0.1, -0.05) is 12.1 Å². The molecule has 1 amide bonds. The number of carbonyl (C=O) groups excluding carboxylic acids is 1. The highest BCUT2D eigenvalue weighted by Crippen LogP contribution is 2.19. The van der Waals surface area contributed by atoms with E-state index >= 15 is 0 Å². The van der Waals surface area contributed by atoms with Crippen LogP contribution in [0.15, 0.2) is 43.0 Å². The second-order valence-electron chi connectivity index (χ2n) is 5.55. The van der Waals surface area contributed by atoms with Crippen LogP contribution in [0.5, 0.6) is 0 Å². The van der Waals surface area contributed by atoms with Gasteiger partial charge in [0.05, 0.1) is 12.4 Å². The zero-order chi connectivity index (χ0) is 14.8. The third kappa shape index (κ3) is 2.83. The van der Waals surface area contributed by atoms with Crippen molar-refractivity contribution in [2.75, 3.05) is 13.6 Å². The van der Waals surface area contributed by atoms with E-state index in [9.17, 15) is 4.79 Å². The summed E-state index contributed by atoms with van der Waals surface area (Å²) < 4.78 is 1.98. The molecular weight excluding hydrogens is 264 g/mol. The Morgan fingerprint density at radius 2 is 2.29 bits per heavy atom. The van der Waals surface area contributed by atoms with E-state index in [1.54, 1.807) is 17.4 Å². The Morgan fingerprint density at radius 3 is 2.95 bits per heavy atom. The molecule has 5 nitrogen and oxygen atoms in total. The van der Waals surface area contributed by atoms with Crippen LogP contribution >= 0.6 is 0 Å². The molecule has 1 aliphatic rings. The van der Waals surface area contributed by atoms with Gasteiger partial charge < -0.3 is 9.47 Å². The summed E-state index contributed by atoms with van der Waals surface area (Å²) in [7, 11) is 1.86. The molecule has 0 bridgehead atoms. The van der Waals surface area contributed by atoms with E-state index in [0.717, 1.165) is 18.7 Å². The van der Waals surface area contributed by atoms with Crippen molar-refractivity contribution in [1.29, 1.82) is 0 Å². The van der Waals surface area contributed by atoms with E-state index in [1.807, 2.05) is 29.9 Å². The zero-order valence-electron chi connectivity index (χ0n) is 12.4. The summed E-state index contributed by atoms with van der Waals surface area (Å²) in [5.74, 6) is 0.188. The molecule has 2 aromatic rings. The van der Waals surface area contributed by atoms with Gasteiger partial charge in [0.2, 0.25) is 5.91 Å². The molecule has 2 atom stereocenters. The average molecular weight is 284 g/mol. The lowest BCUT2D eigenvalue weighted by molar-refractivity contribution is -0.128. The molecule has 1 aliphatic heterocycles.